The molecule has 0 amide bonds. The Bertz CT molecular complexity index is 1600. The molecule has 2 aliphatic heterocycles. The number of fused-ring (bicyclic) bond motifs is 1. The van der Waals surface area contributed by atoms with Gasteiger partial charge < -0.3 is 19.7 Å². The molecule has 8 atom stereocenters. The molecule has 0 aromatic carbocycles. The summed E-state index contributed by atoms with van der Waals surface area (Å²) in [6.07, 6.45) is 0.949. The number of anilines is 1. The van der Waals surface area contributed by atoms with Crippen LogP contribution in [0.1, 0.15) is 31.2 Å². The number of H-pyrrole nitrogens is 1. The molecule has 5 heterocycles. The van der Waals surface area contributed by atoms with Crippen molar-refractivity contribution in [2.75, 3.05) is 18.9 Å². The smallest absolute Gasteiger partial charge is 0.382 e. The first-order chi connectivity index (χ1) is 18.9. The summed E-state index contributed by atoms with van der Waals surface area (Å²) in [5, 5.41) is 0. The Balaban J connectivity index is 1.25. The zero-order valence-electron chi connectivity index (χ0n) is 21.1. The van der Waals surface area contributed by atoms with Gasteiger partial charge in [0, 0.05) is 18.2 Å². The molecule has 0 saturated carbocycles. The van der Waals surface area contributed by atoms with Gasteiger partial charge in [-0.3, -0.25) is 32.5 Å². The number of nitrogens with one attached hydrogen (secondary N) is 1. The highest BCUT2D eigenvalue weighted by atomic mass is 32.7. The molecule has 20 heteroatoms. The van der Waals surface area contributed by atoms with Crippen molar-refractivity contribution in [2.24, 2.45) is 0 Å². The number of aryl methyl sites for hydroxylation is 1. The first-order valence-electron chi connectivity index (χ1n) is 12.0. The maximum atomic E-state index is 13.2. The van der Waals surface area contributed by atoms with Crippen LogP contribution in [0.5, 0.6) is 0 Å². The topological polar surface area (TPSA) is 205 Å². The maximum absolute atomic E-state index is 13.2. The molecular formula is C20H27N7O9P2S2. The number of rotatable bonds is 9. The fourth-order valence-corrected chi connectivity index (χ4v) is 7.15. The van der Waals surface area contributed by atoms with Crippen molar-refractivity contribution in [3.05, 3.63) is 45.3 Å². The van der Waals surface area contributed by atoms with E-state index in [-0.39, 0.29) is 31.0 Å². The largest absolute Gasteiger partial charge is 0.386 e. The number of aromatic nitrogens is 6. The van der Waals surface area contributed by atoms with Gasteiger partial charge in [-0.2, -0.15) is 0 Å². The number of nitrogens with two attached hydrogens (primary N) is 1. The molecule has 218 valence electrons. The van der Waals surface area contributed by atoms with Crippen LogP contribution in [-0.2, 0) is 32.2 Å². The summed E-state index contributed by atoms with van der Waals surface area (Å²) < 4.78 is 56.4. The van der Waals surface area contributed by atoms with Crippen LogP contribution in [0.4, 0.5) is 5.82 Å². The zero-order chi connectivity index (χ0) is 28.8. The van der Waals surface area contributed by atoms with Crippen molar-refractivity contribution in [2.45, 2.75) is 57.0 Å². The second-order valence-corrected chi connectivity index (χ2v) is 14.0. The lowest BCUT2D eigenvalue weighted by Crippen LogP contribution is -2.39. The van der Waals surface area contributed by atoms with Gasteiger partial charge in [0.2, 0.25) is 7.23 Å². The molecule has 3 aromatic rings. The predicted molar refractivity (Wildman–Crippen MR) is 149 cm³/mol. The van der Waals surface area contributed by atoms with Gasteiger partial charge in [0.15, 0.2) is 11.5 Å². The van der Waals surface area contributed by atoms with Gasteiger partial charge in [0.05, 0.1) is 37.8 Å². The highest BCUT2D eigenvalue weighted by molar-refractivity contribution is 8.44. The number of hydrogen-bond acceptors (Lipinski definition) is 13. The molecular weight excluding hydrogens is 608 g/mol. The summed E-state index contributed by atoms with van der Waals surface area (Å²) in [7, 11) is -2.78. The third kappa shape index (κ3) is 6.10. The van der Waals surface area contributed by atoms with Gasteiger partial charge in [-0.15, -0.1) is 0 Å². The van der Waals surface area contributed by atoms with E-state index in [1.54, 1.807) is 11.5 Å². The SMILES string of the molecule is Cc1cn(C2CO[C@H](COP(=O)(S)OC3C[C@H](n4cnc5c(N)ncnc54)O[C@@H]3C)C2O[PH](=O)S)c(=O)[nH]c1=O. The van der Waals surface area contributed by atoms with Gasteiger partial charge in [-0.05, 0) is 13.8 Å². The summed E-state index contributed by atoms with van der Waals surface area (Å²) in [6, 6.07) is -0.759. The number of nitrogen functional groups attached to an aromatic ring is 1. The molecule has 5 rings (SSSR count). The number of imidazole rings is 1. The molecule has 3 aromatic heterocycles. The minimum absolute atomic E-state index is 0.0349. The lowest BCUT2D eigenvalue weighted by molar-refractivity contribution is -0.00764. The van der Waals surface area contributed by atoms with Crippen LogP contribution in [0.25, 0.3) is 11.2 Å². The third-order valence-electron chi connectivity index (χ3n) is 6.66. The van der Waals surface area contributed by atoms with Crippen LogP contribution in [0.2, 0.25) is 0 Å². The Morgan fingerprint density at radius 1 is 1.30 bits per heavy atom. The third-order valence-corrected chi connectivity index (χ3v) is 9.10. The van der Waals surface area contributed by atoms with Crippen molar-refractivity contribution in [3.8, 4) is 0 Å². The lowest BCUT2D eigenvalue weighted by Gasteiger charge is -2.25. The number of thiol groups is 2. The average Bonchev–Trinajstić information content (AvgIpc) is 3.58. The molecule has 0 aliphatic carbocycles. The monoisotopic (exact) mass is 635 g/mol. The van der Waals surface area contributed by atoms with E-state index in [4.69, 9.17) is 28.8 Å². The molecule has 5 unspecified atom stereocenters. The Labute approximate surface area is 237 Å². The van der Waals surface area contributed by atoms with Gasteiger partial charge >= 0.3 is 12.5 Å². The predicted octanol–water partition coefficient (Wildman–Crippen LogP) is 1.66. The fourth-order valence-electron chi connectivity index (χ4n) is 4.68. The molecule has 0 radical (unpaired) electrons. The Morgan fingerprint density at radius 3 is 2.83 bits per heavy atom. The van der Waals surface area contributed by atoms with Crippen LogP contribution in [0.15, 0.2) is 28.4 Å². The lowest BCUT2D eigenvalue weighted by atomic mass is 10.1. The fraction of sp³-hybridized carbons (Fsp3) is 0.550. The quantitative estimate of drug-likeness (QED) is 0.195. The van der Waals surface area contributed by atoms with E-state index in [1.807, 2.05) is 0 Å². The molecule has 3 N–H and O–H groups in total. The zero-order valence-corrected chi connectivity index (χ0v) is 24.8. The molecule has 2 fully saturated rings. The van der Waals surface area contributed by atoms with Gasteiger partial charge in [0.25, 0.3) is 5.56 Å². The van der Waals surface area contributed by atoms with Gasteiger partial charge in [-0.1, -0.05) is 24.5 Å². The van der Waals surface area contributed by atoms with Crippen molar-refractivity contribution in [1.82, 2.24) is 29.1 Å². The standard InChI is InChI=1S/C20H27N7O9P2S2/c1-9-4-26(20(29)25-19(9)28)11-5-32-13(16(11)35-37(30)39)6-33-38(31,40)36-12-3-14(34-10(12)2)27-8-24-15-17(21)22-7-23-18(15)27/h4,7-8,10-14,16,37H,3,5-6H2,1-2H3,(H,30,39)(H,31,40)(H2,21,22,23)(H,25,28,29)/t10-,11?,12?,13-,14-,16?,38?/m1/s1. The van der Waals surface area contributed by atoms with E-state index in [0.717, 1.165) is 0 Å². The first kappa shape index (κ1) is 29.5. The van der Waals surface area contributed by atoms with Crippen LogP contribution >= 0.6 is 38.5 Å². The first-order valence-corrected chi connectivity index (χ1v) is 17.3. The number of hydrogen-bond donors (Lipinski definition) is 4. The van der Waals surface area contributed by atoms with E-state index in [1.165, 1.54) is 30.3 Å². The van der Waals surface area contributed by atoms with E-state index in [0.29, 0.717) is 11.2 Å². The molecule has 40 heavy (non-hydrogen) atoms. The number of nitrogens with zero attached hydrogens (tertiary/aromatic N) is 5. The summed E-state index contributed by atoms with van der Waals surface area (Å²) >= 11 is 7.98. The van der Waals surface area contributed by atoms with Crippen LogP contribution in [-0.4, -0.2) is 66.7 Å². The van der Waals surface area contributed by atoms with Crippen LogP contribution < -0.4 is 17.0 Å². The van der Waals surface area contributed by atoms with E-state index >= 15 is 0 Å². The molecule has 2 saturated heterocycles. The Morgan fingerprint density at radius 2 is 2.08 bits per heavy atom. The molecule has 0 spiro atoms. The molecule has 2 aliphatic rings. The highest BCUT2D eigenvalue weighted by Gasteiger charge is 2.44. The molecule has 16 nitrogen and oxygen atoms in total. The van der Waals surface area contributed by atoms with Crippen molar-refractivity contribution in [1.29, 1.82) is 0 Å². The second-order valence-electron chi connectivity index (χ2n) is 9.29. The van der Waals surface area contributed by atoms with Crippen molar-refractivity contribution >= 4 is 55.5 Å². The number of ether oxygens (including phenoxy) is 2. The normalized spacial score (nSPS) is 29.1. The minimum Gasteiger partial charge on any atom is -0.382 e. The second kappa shape index (κ2) is 11.7. The van der Waals surface area contributed by atoms with E-state index < -0.39 is 62.0 Å². The number of aromatic amines is 1. The summed E-state index contributed by atoms with van der Waals surface area (Å²) in [5.74, 6) is 0.234. The summed E-state index contributed by atoms with van der Waals surface area (Å²) in [4.78, 5) is 38.8. The summed E-state index contributed by atoms with van der Waals surface area (Å²) in [5.41, 5.74) is 5.85. The Hall–Kier alpha value is -2.01. The van der Waals surface area contributed by atoms with Crippen molar-refractivity contribution in [3.63, 3.8) is 0 Å². The van der Waals surface area contributed by atoms with Gasteiger partial charge in [-0.25, -0.2) is 24.3 Å². The summed E-state index contributed by atoms with van der Waals surface area (Å²) in [6.45, 7) is -1.03. The van der Waals surface area contributed by atoms with Crippen molar-refractivity contribution < 1.29 is 32.2 Å². The van der Waals surface area contributed by atoms with Gasteiger partial charge in [0.1, 0.15) is 30.3 Å². The minimum atomic E-state index is -3.96. The van der Waals surface area contributed by atoms with Crippen LogP contribution in [0, 0.1) is 6.92 Å². The van der Waals surface area contributed by atoms with Crippen LogP contribution in [0.3, 0.4) is 0 Å². The average molecular weight is 636 g/mol. The van der Waals surface area contributed by atoms with E-state index in [9.17, 15) is 18.7 Å². The Kier molecular flexibility index (Phi) is 8.62. The highest BCUT2D eigenvalue weighted by Crippen LogP contribution is 2.56. The van der Waals surface area contributed by atoms with E-state index in [2.05, 4.69) is 44.4 Å². The maximum Gasteiger partial charge on any atom is 0.386 e. The molecule has 0 bridgehead atoms.